The molecule has 8 nitrogen and oxygen atoms in total. The van der Waals surface area contributed by atoms with Crippen molar-refractivity contribution in [2.24, 2.45) is 5.92 Å². The lowest BCUT2D eigenvalue weighted by atomic mass is 9.80. The van der Waals surface area contributed by atoms with Crippen LogP contribution in [-0.2, 0) is 38.1 Å². The Kier molecular flexibility index (Phi) is 12.9. The van der Waals surface area contributed by atoms with Crippen LogP contribution in [-0.4, -0.2) is 49.3 Å². The summed E-state index contributed by atoms with van der Waals surface area (Å²) in [5, 5.41) is 0. The Morgan fingerprint density at radius 1 is 0.821 bits per heavy atom. The summed E-state index contributed by atoms with van der Waals surface area (Å²) in [6.45, 7) is 8.15. The molecule has 28 heavy (non-hydrogen) atoms. The third kappa shape index (κ3) is 8.27. The molecule has 0 aromatic rings. The van der Waals surface area contributed by atoms with E-state index in [9.17, 15) is 19.2 Å². The number of ether oxygens (including phenoxy) is 4. The molecule has 0 saturated heterocycles. The standard InChI is InChI=1S/C20H34O8/c1-6-10-11-12-13-16(18(23)26-8-3)20(28-15(5)21,19(24)27-9-4)14-17(22)25-7-2/h16H,6-14H2,1-5H3. The summed E-state index contributed by atoms with van der Waals surface area (Å²) in [6.07, 6.45) is 2.96. The van der Waals surface area contributed by atoms with Crippen LogP contribution in [0.3, 0.4) is 0 Å². The van der Waals surface area contributed by atoms with Crippen molar-refractivity contribution >= 4 is 23.9 Å². The van der Waals surface area contributed by atoms with Gasteiger partial charge in [0.1, 0.15) is 5.92 Å². The summed E-state index contributed by atoms with van der Waals surface area (Å²) in [5.41, 5.74) is -2.12. The molecule has 0 N–H and O–H groups in total. The van der Waals surface area contributed by atoms with Crippen molar-refractivity contribution in [1.82, 2.24) is 0 Å². The first kappa shape index (κ1) is 25.9. The van der Waals surface area contributed by atoms with E-state index in [1.807, 2.05) is 6.92 Å². The molecule has 0 aromatic heterocycles. The molecule has 2 atom stereocenters. The molecule has 2 unspecified atom stereocenters. The van der Waals surface area contributed by atoms with Gasteiger partial charge in [0, 0.05) is 6.92 Å². The summed E-state index contributed by atoms with van der Waals surface area (Å²) in [6, 6.07) is 0. The highest BCUT2D eigenvalue weighted by Gasteiger charge is 2.56. The highest BCUT2D eigenvalue weighted by Crippen LogP contribution is 2.34. The second kappa shape index (κ2) is 14.0. The Balaban J connectivity index is 6.10. The highest BCUT2D eigenvalue weighted by molar-refractivity contribution is 5.93. The monoisotopic (exact) mass is 402 g/mol. The minimum atomic E-state index is -2.12. The first-order chi connectivity index (χ1) is 13.3. The van der Waals surface area contributed by atoms with Crippen LogP contribution in [0.1, 0.15) is 73.1 Å². The van der Waals surface area contributed by atoms with Crippen LogP contribution in [0, 0.1) is 5.92 Å². The van der Waals surface area contributed by atoms with Gasteiger partial charge in [-0.25, -0.2) is 4.79 Å². The fourth-order valence-corrected chi connectivity index (χ4v) is 2.98. The minimum absolute atomic E-state index is 0.00392. The third-order valence-corrected chi connectivity index (χ3v) is 4.14. The van der Waals surface area contributed by atoms with Crippen LogP contribution in [0.5, 0.6) is 0 Å². The Hall–Kier alpha value is -2.12. The van der Waals surface area contributed by atoms with E-state index in [0.29, 0.717) is 6.42 Å². The smallest absolute Gasteiger partial charge is 0.352 e. The maximum Gasteiger partial charge on any atom is 0.352 e. The molecule has 0 rings (SSSR count). The highest BCUT2D eigenvalue weighted by atomic mass is 16.6. The molecule has 0 radical (unpaired) electrons. The number of carbonyl (C=O) groups is 4. The number of unbranched alkanes of at least 4 members (excludes halogenated alkanes) is 3. The van der Waals surface area contributed by atoms with E-state index in [4.69, 9.17) is 18.9 Å². The van der Waals surface area contributed by atoms with Gasteiger partial charge >= 0.3 is 23.9 Å². The first-order valence-electron chi connectivity index (χ1n) is 9.97. The van der Waals surface area contributed by atoms with Crippen LogP contribution < -0.4 is 0 Å². The molecule has 0 heterocycles. The molecular weight excluding hydrogens is 368 g/mol. The Morgan fingerprint density at radius 2 is 1.43 bits per heavy atom. The topological polar surface area (TPSA) is 105 Å². The summed E-state index contributed by atoms with van der Waals surface area (Å²) in [4.78, 5) is 49.6. The van der Waals surface area contributed by atoms with Gasteiger partial charge in [0.25, 0.3) is 0 Å². The average Bonchev–Trinajstić information content (AvgIpc) is 2.61. The molecule has 162 valence electrons. The molecule has 0 spiro atoms. The van der Waals surface area contributed by atoms with Gasteiger partial charge in [0.05, 0.1) is 26.2 Å². The first-order valence-corrected chi connectivity index (χ1v) is 9.97. The van der Waals surface area contributed by atoms with Crippen LogP contribution >= 0.6 is 0 Å². The second-order valence-corrected chi connectivity index (χ2v) is 6.34. The van der Waals surface area contributed by atoms with Crippen molar-refractivity contribution in [2.75, 3.05) is 19.8 Å². The van der Waals surface area contributed by atoms with Gasteiger partial charge in [-0.15, -0.1) is 0 Å². The van der Waals surface area contributed by atoms with E-state index in [0.717, 1.165) is 26.2 Å². The summed E-state index contributed by atoms with van der Waals surface area (Å²) in [5.74, 6) is -4.40. The van der Waals surface area contributed by atoms with E-state index >= 15 is 0 Å². The predicted octanol–water partition coefficient (Wildman–Crippen LogP) is 2.95. The van der Waals surface area contributed by atoms with Gasteiger partial charge in [-0.2, -0.15) is 0 Å². The SMILES string of the molecule is CCCCCCC(C(=O)OCC)C(CC(=O)OCC)(OC(C)=O)C(=O)OCC. The van der Waals surface area contributed by atoms with Crippen LogP contribution in [0.2, 0.25) is 0 Å². The molecule has 0 bridgehead atoms. The van der Waals surface area contributed by atoms with Gasteiger partial charge in [-0.3, -0.25) is 14.4 Å². The molecule has 8 heteroatoms. The third-order valence-electron chi connectivity index (χ3n) is 4.14. The number of rotatable bonds is 14. The molecule has 0 aliphatic carbocycles. The lowest BCUT2D eigenvalue weighted by Crippen LogP contribution is -2.55. The molecule has 0 fully saturated rings. The largest absolute Gasteiger partial charge is 0.466 e. The number of hydrogen-bond donors (Lipinski definition) is 0. The van der Waals surface area contributed by atoms with E-state index in [2.05, 4.69) is 0 Å². The molecule has 0 aliphatic heterocycles. The summed E-state index contributed by atoms with van der Waals surface area (Å²) < 4.78 is 20.5. The zero-order valence-electron chi connectivity index (χ0n) is 17.7. The van der Waals surface area contributed by atoms with Crippen LogP contribution in [0.4, 0.5) is 0 Å². The zero-order chi connectivity index (χ0) is 21.6. The van der Waals surface area contributed by atoms with E-state index < -0.39 is 41.8 Å². The molecular formula is C20H34O8. The Bertz CT molecular complexity index is 516. The fourth-order valence-electron chi connectivity index (χ4n) is 2.98. The van der Waals surface area contributed by atoms with Gasteiger partial charge in [-0.05, 0) is 27.2 Å². The van der Waals surface area contributed by atoms with E-state index in [1.54, 1.807) is 20.8 Å². The van der Waals surface area contributed by atoms with Crippen LogP contribution in [0.15, 0.2) is 0 Å². The Labute approximate surface area is 167 Å². The van der Waals surface area contributed by atoms with Gasteiger partial charge in [-0.1, -0.05) is 32.6 Å². The minimum Gasteiger partial charge on any atom is -0.466 e. The lowest BCUT2D eigenvalue weighted by molar-refractivity contribution is -0.199. The van der Waals surface area contributed by atoms with E-state index in [-0.39, 0.29) is 26.2 Å². The summed E-state index contributed by atoms with van der Waals surface area (Å²) in [7, 11) is 0. The molecule has 0 saturated carbocycles. The lowest BCUT2D eigenvalue weighted by Gasteiger charge is -2.35. The summed E-state index contributed by atoms with van der Waals surface area (Å²) >= 11 is 0. The molecule has 0 aromatic carbocycles. The Morgan fingerprint density at radius 3 is 1.93 bits per heavy atom. The van der Waals surface area contributed by atoms with Gasteiger partial charge in [0.2, 0.25) is 5.60 Å². The van der Waals surface area contributed by atoms with Crippen LogP contribution in [0.25, 0.3) is 0 Å². The molecule has 0 aliphatic rings. The normalized spacial score (nSPS) is 13.8. The van der Waals surface area contributed by atoms with Crippen molar-refractivity contribution in [1.29, 1.82) is 0 Å². The van der Waals surface area contributed by atoms with Crippen molar-refractivity contribution in [3.63, 3.8) is 0 Å². The number of esters is 4. The quantitative estimate of drug-likeness (QED) is 0.248. The second-order valence-electron chi connectivity index (χ2n) is 6.34. The predicted molar refractivity (Wildman–Crippen MR) is 101 cm³/mol. The zero-order valence-corrected chi connectivity index (χ0v) is 17.7. The van der Waals surface area contributed by atoms with E-state index in [1.165, 1.54) is 0 Å². The van der Waals surface area contributed by atoms with Crippen molar-refractivity contribution in [2.45, 2.75) is 78.7 Å². The number of hydrogen-bond acceptors (Lipinski definition) is 8. The molecule has 0 amide bonds. The fraction of sp³-hybridized carbons (Fsp3) is 0.800. The van der Waals surface area contributed by atoms with Gasteiger partial charge < -0.3 is 18.9 Å². The van der Waals surface area contributed by atoms with Crippen molar-refractivity contribution in [3.8, 4) is 0 Å². The van der Waals surface area contributed by atoms with Gasteiger partial charge in [0.15, 0.2) is 0 Å². The van der Waals surface area contributed by atoms with Crippen molar-refractivity contribution < 1.29 is 38.1 Å². The number of carbonyl (C=O) groups excluding carboxylic acids is 4. The maximum absolute atomic E-state index is 12.9. The van der Waals surface area contributed by atoms with Crippen molar-refractivity contribution in [3.05, 3.63) is 0 Å². The average molecular weight is 402 g/mol. The maximum atomic E-state index is 12.9.